The van der Waals surface area contributed by atoms with Crippen LogP contribution in [0.1, 0.15) is 40.7 Å². The second-order valence-corrected chi connectivity index (χ2v) is 11.5. The molecule has 2 aliphatic heterocycles. The Balaban J connectivity index is 1.17. The Morgan fingerprint density at radius 1 is 0.933 bits per heavy atom. The maximum absolute atomic E-state index is 13.2. The van der Waals surface area contributed by atoms with Crippen LogP contribution in [-0.2, 0) is 33.7 Å². The first-order valence-electron chi connectivity index (χ1n) is 15.3. The number of urea groups is 1. The van der Waals surface area contributed by atoms with Gasteiger partial charge in [0.05, 0.1) is 14.2 Å². The highest BCUT2D eigenvalue weighted by atomic mass is 16.6. The molecule has 2 heterocycles. The zero-order valence-corrected chi connectivity index (χ0v) is 26.3. The van der Waals surface area contributed by atoms with Crippen molar-refractivity contribution < 1.29 is 33.3 Å². The summed E-state index contributed by atoms with van der Waals surface area (Å²) in [6, 6.07) is 19.3. The van der Waals surface area contributed by atoms with E-state index in [2.05, 4.69) is 5.32 Å². The monoisotopic (exact) mass is 615 g/mol. The number of aryl methyl sites for hydroxylation is 2. The summed E-state index contributed by atoms with van der Waals surface area (Å²) in [4.78, 5) is 42.4. The van der Waals surface area contributed by atoms with E-state index in [1.807, 2.05) is 79.4 Å². The number of carbonyl (C=O) groups is 3. The van der Waals surface area contributed by atoms with Crippen molar-refractivity contribution in [3.63, 3.8) is 0 Å². The molecule has 10 heteroatoms. The SMILES string of the molecule is COC(=O)[C@@H](Cc1cc(C)c(OCc2ccccc2)c(C)c1)OC(=O)N1CCC(N2CCc3cc(OC)ccc3NC2=O)CC1. The maximum atomic E-state index is 13.2. The smallest absolute Gasteiger partial charge is 0.410 e. The lowest BCUT2D eigenvalue weighted by molar-refractivity contribution is -0.151. The minimum absolute atomic E-state index is 0.0183. The van der Waals surface area contributed by atoms with E-state index >= 15 is 0 Å². The fourth-order valence-corrected chi connectivity index (χ4v) is 6.09. The molecule has 0 unspecified atom stereocenters. The molecule has 1 fully saturated rings. The van der Waals surface area contributed by atoms with Crippen molar-refractivity contribution in [1.82, 2.24) is 9.80 Å². The van der Waals surface area contributed by atoms with E-state index in [1.165, 1.54) is 7.11 Å². The molecule has 3 aromatic carbocycles. The number of ether oxygens (including phenoxy) is 4. The molecule has 0 saturated carbocycles. The van der Waals surface area contributed by atoms with Crippen LogP contribution in [0.25, 0.3) is 0 Å². The highest BCUT2D eigenvalue weighted by Crippen LogP contribution is 2.29. The van der Waals surface area contributed by atoms with Gasteiger partial charge in [0.1, 0.15) is 18.1 Å². The molecule has 0 aliphatic carbocycles. The Kier molecular flexibility index (Phi) is 10.1. The summed E-state index contributed by atoms with van der Waals surface area (Å²) in [6.07, 6.45) is 0.422. The standard InChI is InChI=1S/C35H41N3O7/c1-23-18-26(19-24(2)32(23)44-22-25-8-6-5-7-9-25)20-31(33(39)43-4)45-35(41)37-15-13-28(14-16-37)38-17-12-27-21-29(42-3)10-11-30(27)36-34(38)40/h5-11,18-19,21,28,31H,12-17,20,22H2,1-4H3,(H,36,40)/t31-/m1/s1. The largest absolute Gasteiger partial charge is 0.497 e. The van der Waals surface area contributed by atoms with Gasteiger partial charge >= 0.3 is 18.1 Å². The highest BCUT2D eigenvalue weighted by molar-refractivity contribution is 5.91. The average molecular weight is 616 g/mol. The minimum Gasteiger partial charge on any atom is -0.497 e. The molecule has 1 atom stereocenters. The number of carbonyl (C=O) groups excluding carboxylic acids is 3. The molecule has 5 rings (SSSR count). The molecule has 3 amide bonds. The van der Waals surface area contributed by atoms with Gasteiger partial charge in [-0.05, 0) is 79.1 Å². The van der Waals surface area contributed by atoms with E-state index in [-0.39, 0.29) is 18.5 Å². The number of likely N-dealkylation sites (tertiary alicyclic amines) is 1. The molecular formula is C35H41N3O7. The summed E-state index contributed by atoms with van der Waals surface area (Å²) in [5, 5.41) is 3.02. The van der Waals surface area contributed by atoms with E-state index in [9.17, 15) is 14.4 Å². The lowest BCUT2D eigenvalue weighted by Gasteiger charge is -2.37. The van der Waals surface area contributed by atoms with Gasteiger partial charge in [0, 0.05) is 37.8 Å². The second kappa shape index (κ2) is 14.4. The Morgan fingerprint density at radius 3 is 2.31 bits per heavy atom. The van der Waals surface area contributed by atoms with Crippen LogP contribution in [0.2, 0.25) is 0 Å². The van der Waals surface area contributed by atoms with Gasteiger partial charge in [-0.15, -0.1) is 0 Å². The zero-order valence-electron chi connectivity index (χ0n) is 26.3. The maximum Gasteiger partial charge on any atom is 0.410 e. The zero-order chi connectivity index (χ0) is 31.9. The molecule has 1 saturated heterocycles. The molecule has 10 nitrogen and oxygen atoms in total. The second-order valence-electron chi connectivity index (χ2n) is 11.5. The van der Waals surface area contributed by atoms with Gasteiger partial charge in [0.15, 0.2) is 0 Å². The van der Waals surface area contributed by atoms with Crippen molar-refractivity contribution in [2.75, 3.05) is 39.2 Å². The van der Waals surface area contributed by atoms with Gasteiger partial charge in [0.25, 0.3) is 0 Å². The normalized spacial score (nSPS) is 15.8. The van der Waals surface area contributed by atoms with Crippen LogP contribution < -0.4 is 14.8 Å². The Morgan fingerprint density at radius 2 is 1.64 bits per heavy atom. The topological polar surface area (TPSA) is 107 Å². The predicted molar refractivity (Wildman–Crippen MR) is 170 cm³/mol. The minimum atomic E-state index is -1.10. The summed E-state index contributed by atoms with van der Waals surface area (Å²) in [7, 11) is 2.91. The third-order valence-electron chi connectivity index (χ3n) is 8.47. The molecule has 0 radical (unpaired) electrons. The Labute approximate surface area is 264 Å². The van der Waals surface area contributed by atoms with E-state index in [0.717, 1.165) is 45.0 Å². The van der Waals surface area contributed by atoms with E-state index < -0.39 is 18.2 Å². The van der Waals surface area contributed by atoms with Gasteiger partial charge in [-0.3, -0.25) is 0 Å². The number of hydrogen-bond donors (Lipinski definition) is 1. The Hall–Kier alpha value is -4.73. The quantitative estimate of drug-likeness (QED) is 0.310. The lowest BCUT2D eigenvalue weighted by atomic mass is 10.0. The number of rotatable bonds is 9. The summed E-state index contributed by atoms with van der Waals surface area (Å²) in [5.74, 6) is 0.929. The van der Waals surface area contributed by atoms with Gasteiger partial charge < -0.3 is 34.1 Å². The van der Waals surface area contributed by atoms with Crippen LogP contribution in [0.3, 0.4) is 0 Å². The number of anilines is 1. The van der Waals surface area contributed by atoms with Crippen molar-refractivity contribution in [2.24, 2.45) is 0 Å². The summed E-state index contributed by atoms with van der Waals surface area (Å²) in [5.41, 5.74) is 5.58. The van der Waals surface area contributed by atoms with Crippen molar-refractivity contribution in [3.05, 3.63) is 88.5 Å². The number of nitrogens with zero attached hydrogens (tertiary/aromatic N) is 2. The number of fused-ring (bicyclic) bond motifs is 1. The molecule has 3 aromatic rings. The van der Waals surface area contributed by atoms with Crippen LogP contribution in [0, 0.1) is 13.8 Å². The third-order valence-corrected chi connectivity index (χ3v) is 8.47. The van der Waals surface area contributed by atoms with Crippen molar-refractivity contribution in [1.29, 1.82) is 0 Å². The molecule has 238 valence electrons. The van der Waals surface area contributed by atoms with E-state index in [0.29, 0.717) is 45.5 Å². The van der Waals surface area contributed by atoms with Crippen LogP contribution in [-0.4, -0.2) is 73.9 Å². The molecule has 0 bridgehead atoms. The lowest BCUT2D eigenvalue weighted by Crippen LogP contribution is -2.50. The molecule has 0 spiro atoms. The first-order valence-corrected chi connectivity index (χ1v) is 15.3. The fourth-order valence-electron chi connectivity index (χ4n) is 6.09. The van der Waals surface area contributed by atoms with Crippen molar-refractivity contribution >= 4 is 23.8 Å². The van der Waals surface area contributed by atoms with E-state index in [1.54, 1.807) is 12.0 Å². The van der Waals surface area contributed by atoms with Crippen molar-refractivity contribution in [3.8, 4) is 11.5 Å². The average Bonchev–Trinajstić information content (AvgIpc) is 3.21. The summed E-state index contributed by atoms with van der Waals surface area (Å²) in [6.45, 7) is 5.76. The van der Waals surface area contributed by atoms with Crippen LogP contribution in [0.15, 0.2) is 60.7 Å². The van der Waals surface area contributed by atoms with Crippen LogP contribution in [0.4, 0.5) is 15.3 Å². The van der Waals surface area contributed by atoms with Gasteiger partial charge in [0.2, 0.25) is 6.10 Å². The first kappa shape index (κ1) is 31.7. The Bertz CT molecular complexity index is 1500. The van der Waals surface area contributed by atoms with Gasteiger partial charge in [-0.25, -0.2) is 14.4 Å². The predicted octanol–water partition coefficient (Wildman–Crippen LogP) is 5.67. The third kappa shape index (κ3) is 7.68. The number of hydrogen-bond acceptors (Lipinski definition) is 7. The fraction of sp³-hybridized carbons (Fsp3) is 0.400. The number of nitrogens with one attached hydrogen (secondary N) is 1. The molecule has 1 N–H and O–H groups in total. The summed E-state index contributed by atoms with van der Waals surface area (Å²) >= 11 is 0. The number of benzene rings is 3. The molecule has 0 aromatic heterocycles. The van der Waals surface area contributed by atoms with Gasteiger partial charge in [-0.1, -0.05) is 42.5 Å². The van der Waals surface area contributed by atoms with Crippen LogP contribution >= 0.6 is 0 Å². The number of esters is 1. The summed E-state index contributed by atoms with van der Waals surface area (Å²) < 4.78 is 22.1. The first-order chi connectivity index (χ1) is 21.7. The molecule has 2 aliphatic rings. The number of methoxy groups -OCH3 is 2. The molecule has 45 heavy (non-hydrogen) atoms. The number of amides is 3. The number of piperidine rings is 1. The molecular weight excluding hydrogens is 574 g/mol. The highest BCUT2D eigenvalue weighted by Gasteiger charge is 2.34. The van der Waals surface area contributed by atoms with Crippen molar-refractivity contribution in [2.45, 2.75) is 58.3 Å². The van der Waals surface area contributed by atoms with E-state index in [4.69, 9.17) is 18.9 Å². The van der Waals surface area contributed by atoms with Crippen LogP contribution in [0.5, 0.6) is 11.5 Å². The van der Waals surface area contributed by atoms with Gasteiger partial charge in [-0.2, -0.15) is 0 Å².